The van der Waals surface area contributed by atoms with Crippen LogP contribution in [0.4, 0.5) is 0 Å². The Labute approximate surface area is 173 Å². The molecule has 1 amide bonds. The SMILES string of the molecule is COCCN1CCC(CN(Cc2ccncc2)C(=O)c2cc(C)nc(C)n2)CC1. The summed E-state index contributed by atoms with van der Waals surface area (Å²) in [5, 5.41) is 0. The minimum atomic E-state index is -0.0303. The summed E-state index contributed by atoms with van der Waals surface area (Å²) in [6.45, 7) is 8.87. The van der Waals surface area contributed by atoms with Crippen LogP contribution in [0, 0.1) is 19.8 Å². The lowest BCUT2D eigenvalue weighted by Crippen LogP contribution is -2.41. The van der Waals surface area contributed by atoms with Gasteiger partial charge in [0, 0.05) is 44.8 Å². The zero-order valence-electron chi connectivity index (χ0n) is 17.7. The minimum Gasteiger partial charge on any atom is -0.383 e. The van der Waals surface area contributed by atoms with Gasteiger partial charge in [-0.1, -0.05) is 0 Å². The van der Waals surface area contributed by atoms with Crippen LogP contribution < -0.4 is 0 Å². The van der Waals surface area contributed by atoms with E-state index in [2.05, 4.69) is 19.9 Å². The first-order chi connectivity index (χ1) is 14.0. The molecule has 0 unspecified atom stereocenters. The third-order valence-electron chi connectivity index (χ3n) is 5.39. The molecule has 1 fully saturated rings. The third kappa shape index (κ3) is 6.30. The van der Waals surface area contributed by atoms with Crippen molar-refractivity contribution in [1.82, 2.24) is 24.8 Å². The highest BCUT2D eigenvalue weighted by atomic mass is 16.5. The largest absolute Gasteiger partial charge is 0.383 e. The number of likely N-dealkylation sites (tertiary alicyclic amines) is 1. The number of hydrogen-bond donors (Lipinski definition) is 0. The molecule has 1 aliphatic rings. The van der Waals surface area contributed by atoms with Crippen molar-refractivity contribution in [3.8, 4) is 0 Å². The van der Waals surface area contributed by atoms with Gasteiger partial charge in [0.15, 0.2) is 0 Å². The van der Waals surface area contributed by atoms with Crippen molar-refractivity contribution in [2.75, 3.05) is 39.9 Å². The monoisotopic (exact) mass is 397 g/mol. The summed E-state index contributed by atoms with van der Waals surface area (Å²) < 4.78 is 5.19. The van der Waals surface area contributed by atoms with Crippen LogP contribution in [-0.4, -0.2) is 70.6 Å². The number of carbonyl (C=O) groups is 1. The lowest BCUT2D eigenvalue weighted by molar-refractivity contribution is 0.0652. The Morgan fingerprint density at radius 1 is 1.21 bits per heavy atom. The van der Waals surface area contributed by atoms with Gasteiger partial charge in [0.2, 0.25) is 0 Å². The van der Waals surface area contributed by atoms with Crippen LogP contribution in [0.2, 0.25) is 0 Å². The molecule has 2 aromatic rings. The third-order valence-corrected chi connectivity index (χ3v) is 5.39. The van der Waals surface area contributed by atoms with Crippen molar-refractivity contribution in [3.05, 3.63) is 53.4 Å². The van der Waals surface area contributed by atoms with E-state index >= 15 is 0 Å². The summed E-state index contributed by atoms with van der Waals surface area (Å²) in [7, 11) is 1.74. The van der Waals surface area contributed by atoms with Crippen molar-refractivity contribution in [1.29, 1.82) is 0 Å². The number of carbonyl (C=O) groups excluding carboxylic acids is 1. The Bertz CT molecular complexity index is 771. The molecule has 3 heterocycles. The molecular formula is C22H31N5O2. The second kappa shape index (κ2) is 10.4. The van der Waals surface area contributed by atoms with Crippen LogP contribution in [0.25, 0.3) is 0 Å². The second-order valence-corrected chi connectivity index (χ2v) is 7.76. The van der Waals surface area contributed by atoms with E-state index in [-0.39, 0.29) is 5.91 Å². The number of methoxy groups -OCH3 is 1. The summed E-state index contributed by atoms with van der Waals surface area (Å²) in [5.41, 5.74) is 2.37. The summed E-state index contributed by atoms with van der Waals surface area (Å²) in [6.07, 6.45) is 5.72. The molecule has 0 N–H and O–H groups in total. The van der Waals surface area contributed by atoms with Crippen LogP contribution in [0.1, 0.15) is 40.4 Å². The molecule has 1 saturated heterocycles. The van der Waals surface area contributed by atoms with E-state index in [1.54, 1.807) is 25.6 Å². The van der Waals surface area contributed by atoms with E-state index in [4.69, 9.17) is 4.74 Å². The predicted molar refractivity (Wildman–Crippen MR) is 112 cm³/mol. The summed E-state index contributed by atoms with van der Waals surface area (Å²) in [4.78, 5) is 30.5. The number of amides is 1. The van der Waals surface area contributed by atoms with Crippen LogP contribution in [0.15, 0.2) is 30.6 Å². The molecule has 0 radical (unpaired) electrons. The number of hydrogen-bond acceptors (Lipinski definition) is 6. The van der Waals surface area contributed by atoms with E-state index in [9.17, 15) is 4.79 Å². The molecule has 0 aromatic carbocycles. The molecule has 0 saturated carbocycles. The summed E-state index contributed by atoms with van der Waals surface area (Å²) in [5.74, 6) is 1.09. The van der Waals surface area contributed by atoms with Gasteiger partial charge < -0.3 is 14.5 Å². The van der Waals surface area contributed by atoms with Crippen molar-refractivity contribution in [2.45, 2.75) is 33.2 Å². The van der Waals surface area contributed by atoms with Crippen LogP contribution in [0.3, 0.4) is 0 Å². The van der Waals surface area contributed by atoms with Crippen LogP contribution in [-0.2, 0) is 11.3 Å². The van der Waals surface area contributed by atoms with E-state index in [0.29, 0.717) is 24.0 Å². The maximum Gasteiger partial charge on any atom is 0.272 e. The van der Waals surface area contributed by atoms with Gasteiger partial charge in [-0.05, 0) is 69.5 Å². The first-order valence-electron chi connectivity index (χ1n) is 10.3. The molecule has 29 heavy (non-hydrogen) atoms. The van der Waals surface area contributed by atoms with E-state index < -0.39 is 0 Å². The fourth-order valence-corrected chi connectivity index (χ4v) is 3.84. The van der Waals surface area contributed by atoms with Gasteiger partial charge in [0.1, 0.15) is 11.5 Å². The zero-order valence-corrected chi connectivity index (χ0v) is 17.7. The molecule has 1 aliphatic heterocycles. The Hall–Kier alpha value is -2.38. The summed E-state index contributed by atoms with van der Waals surface area (Å²) in [6, 6.07) is 5.70. The van der Waals surface area contributed by atoms with Crippen molar-refractivity contribution < 1.29 is 9.53 Å². The smallest absolute Gasteiger partial charge is 0.272 e. The molecule has 0 atom stereocenters. The average molecular weight is 398 g/mol. The first kappa shape index (κ1) is 21.3. The average Bonchev–Trinajstić information content (AvgIpc) is 2.72. The highest BCUT2D eigenvalue weighted by Gasteiger charge is 2.25. The molecule has 156 valence electrons. The van der Waals surface area contributed by atoms with E-state index in [1.165, 1.54) is 0 Å². The fourth-order valence-electron chi connectivity index (χ4n) is 3.84. The molecule has 7 nitrogen and oxygen atoms in total. The Morgan fingerprint density at radius 2 is 1.93 bits per heavy atom. The van der Waals surface area contributed by atoms with Gasteiger partial charge in [-0.15, -0.1) is 0 Å². The van der Waals surface area contributed by atoms with Gasteiger partial charge in [0.05, 0.1) is 6.61 Å². The first-order valence-corrected chi connectivity index (χ1v) is 10.3. The lowest BCUT2D eigenvalue weighted by atomic mass is 9.95. The van der Waals surface area contributed by atoms with Crippen molar-refractivity contribution >= 4 is 5.91 Å². The second-order valence-electron chi connectivity index (χ2n) is 7.76. The van der Waals surface area contributed by atoms with Crippen LogP contribution in [0.5, 0.6) is 0 Å². The van der Waals surface area contributed by atoms with Gasteiger partial charge in [-0.3, -0.25) is 9.78 Å². The highest BCUT2D eigenvalue weighted by Crippen LogP contribution is 2.21. The molecule has 0 spiro atoms. The maximum atomic E-state index is 13.3. The fraction of sp³-hybridized carbons (Fsp3) is 0.545. The van der Waals surface area contributed by atoms with E-state index in [1.807, 2.05) is 30.9 Å². The number of piperidine rings is 1. The predicted octanol–water partition coefficient (Wildman–Crippen LogP) is 2.49. The number of aromatic nitrogens is 3. The normalized spacial score (nSPS) is 15.4. The summed E-state index contributed by atoms with van der Waals surface area (Å²) >= 11 is 0. The van der Waals surface area contributed by atoms with Gasteiger partial charge in [-0.25, -0.2) is 9.97 Å². The molecule has 0 aliphatic carbocycles. The number of nitrogens with zero attached hydrogens (tertiary/aromatic N) is 5. The topological polar surface area (TPSA) is 71.5 Å². The Balaban J connectivity index is 1.71. The highest BCUT2D eigenvalue weighted by molar-refractivity contribution is 5.92. The van der Waals surface area contributed by atoms with E-state index in [0.717, 1.165) is 56.9 Å². The number of rotatable bonds is 8. The van der Waals surface area contributed by atoms with Crippen molar-refractivity contribution in [3.63, 3.8) is 0 Å². The van der Waals surface area contributed by atoms with Gasteiger partial charge in [-0.2, -0.15) is 0 Å². The lowest BCUT2D eigenvalue weighted by Gasteiger charge is -2.34. The van der Waals surface area contributed by atoms with Crippen LogP contribution >= 0.6 is 0 Å². The number of aryl methyl sites for hydroxylation is 2. The number of pyridine rings is 1. The molecule has 3 rings (SSSR count). The Kier molecular flexibility index (Phi) is 7.66. The van der Waals surface area contributed by atoms with Gasteiger partial charge >= 0.3 is 0 Å². The molecule has 7 heteroatoms. The zero-order chi connectivity index (χ0) is 20.6. The minimum absolute atomic E-state index is 0.0303. The van der Waals surface area contributed by atoms with Gasteiger partial charge in [0.25, 0.3) is 5.91 Å². The quantitative estimate of drug-likeness (QED) is 0.682. The maximum absolute atomic E-state index is 13.3. The Morgan fingerprint density at radius 3 is 2.59 bits per heavy atom. The molecule has 0 bridgehead atoms. The van der Waals surface area contributed by atoms with Crippen molar-refractivity contribution in [2.24, 2.45) is 5.92 Å². The number of ether oxygens (including phenoxy) is 1. The standard InChI is InChI=1S/C22H31N5O2/c1-17-14-21(25-18(2)24-17)22(28)27(15-19-4-8-23-9-5-19)16-20-6-10-26(11-7-20)12-13-29-3/h4-5,8-9,14,20H,6-7,10-13,15-16H2,1-3H3. The molecular weight excluding hydrogens is 366 g/mol. The molecule has 2 aromatic heterocycles.